The van der Waals surface area contributed by atoms with Gasteiger partial charge < -0.3 is 20.3 Å². The molecule has 0 bridgehead atoms. The topological polar surface area (TPSA) is 66.3 Å². The third kappa shape index (κ3) is 3.57. The first-order chi connectivity index (χ1) is 9.99. The number of aliphatic hydroxyl groups is 1. The van der Waals surface area contributed by atoms with Crippen LogP contribution in [0, 0.1) is 11.6 Å². The monoisotopic (exact) mass is 295 g/mol. The zero-order valence-corrected chi connectivity index (χ0v) is 11.3. The summed E-state index contributed by atoms with van der Waals surface area (Å²) in [7, 11) is 1.76. The molecule has 5 nitrogen and oxygen atoms in total. The third-order valence-corrected chi connectivity index (χ3v) is 2.98. The Morgan fingerprint density at radius 1 is 1.29 bits per heavy atom. The number of hydrogen-bond donors (Lipinski definition) is 3. The minimum atomic E-state index is -0.916. The number of nitrogens with zero attached hydrogens (tertiary/aromatic N) is 1. The van der Waals surface area contributed by atoms with Crippen molar-refractivity contribution in [3.8, 4) is 0 Å². The molecule has 0 fully saturated rings. The zero-order valence-electron chi connectivity index (χ0n) is 11.3. The molecule has 2 aromatic rings. The smallest absolute Gasteiger partial charge is 0.319 e. The summed E-state index contributed by atoms with van der Waals surface area (Å²) in [6.45, 7) is -0.0836. The van der Waals surface area contributed by atoms with E-state index in [4.69, 9.17) is 0 Å². The predicted molar refractivity (Wildman–Crippen MR) is 73.8 cm³/mol. The summed E-state index contributed by atoms with van der Waals surface area (Å²) in [5.41, 5.74) is 0.0933. The Kier molecular flexibility index (Phi) is 4.54. The van der Waals surface area contributed by atoms with Crippen LogP contribution in [0.5, 0.6) is 0 Å². The first kappa shape index (κ1) is 15.0. The van der Waals surface area contributed by atoms with Crippen molar-refractivity contribution >= 4 is 11.7 Å². The molecule has 0 aliphatic carbocycles. The predicted octanol–water partition coefficient (Wildman–Crippen LogP) is 2.16. The van der Waals surface area contributed by atoms with Crippen molar-refractivity contribution in [3.05, 3.63) is 53.9 Å². The molecule has 7 heteroatoms. The lowest BCUT2D eigenvalue weighted by Crippen LogP contribution is -2.33. The molecule has 2 rings (SSSR count). The Balaban J connectivity index is 1.92. The summed E-state index contributed by atoms with van der Waals surface area (Å²) in [5, 5.41) is 14.3. The highest BCUT2D eigenvalue weighted by molar-refractivity contribution is 5.89. The number of aryl methyl sites for hydroxylation is 1. The second kappa shape index (κ2) is 6.36. The Morgan fingerprint density at radius 2 is 1.95 bits per heavy atom. The Labute approximate surface area is 120 Å². The van der Waals surface area contributed by atoms with E-state index in [1.165, 1.54) is 6.07 Å². The summed E-state index contributed by atoms with van der Waals surface area (Å²) >= 11 is 0. The van der Waals surface area contributed by atoms with Crippen LogP contribution in [0.25, 0.3) is 0 Å². The van der Waals surface area contributed by atoms with Crippen molar-refractivity contribution in [1.82, 2.24) is 9.88 Å². The number of carbonyl (C=O) groups is 1. The number of aliphatic hydroxyl groups excluding tert-OH is 1. The van der Waals surface area contributed by atoms with Crippen molar-refractivity contribution in [2.45, 2.75) is 6.10 Å². The van der Waals surface area contributed by atoms with Crippen molar-refractivity contribution in [2.75, 3.05) is 11.9 Å². The minimum absolute atomic E-state index is 0.0836. The van der Waals surface area contributed by atoms with E-state index in [-0.39, 0.29) is 6.54 Å². The van der Waals surface area contributed by atoms with Crippen LogP contribution in [-0.4, -0.2) is 22.2 Å². The number of halogens is 2. The fraction of sp³-hybridized carbons (Fsp3) is 0.214. The maximum Gasteiger partial charge on any atom is 0.319 e. The summed E-state index contributed by atoms with van der Waals surface area (Å²) in [4.78, 5) is 11.6. The highest BCUT2D eigenvalue weighted by Crippen LogP contribution is 2.17. The molecule has 0 spiro atoms. The molecule has 0 aliphatic heterocycles. The van der Waals surface area contributed by atoms with Crippen molar-refractivity contribution in [2.24, 2.45) is 7.05 Å². The molecule has 21 heavy (non-hydrogen) atoms. The van der Waals surface area contributed by atoms with E-state index < -0.39 is 29.5 Å². The molecule has 0 saturated carbocycles. The number of carbonyl (C=O) groups excluding carboxylic acids is 1. The van der Waals surface area contributed by atoms with Crippen molar-refractivity contribution < 1.29 is 18.7 Å². The van der Waals surface area contributed by atoms with Gasteiger partial charge in [-0.2, -0.15) is 0 Å². The normalized spacial score (nSPS) is 12.0. The fourth-order valence-corrected chi connectivity index (χ4v) is 1.89. The van der Waals surface area contributed by atoms with Gasteiger partial charge >= 0.3 is 6.03 Å². The van der Waals surface area contributed by atoms with Gasteiger partial charge in [0.05, 0.1) is 6.54 Å². The van der Waals surface area contributed by atoms with Crippen LogP contribution < -0.4 is 10.6 Å². The Bertz CT molecular complexity index is 623. The standard InChI is InChI=1S/C14H15F2N3O2/c1-19-7-3-6-11(19)12(20)8-17-14(21)18-13-9(15)4-2-5-10(13)16/h2-7,12,20H,8H2,1H3,(H2,17,18,21)/t12-/m0/s1. The van der Waals surface area contributed by atoms with Crippen molar-refractivity contribution in [1.29, 1.82) is 0 Å². The van der Waals surface area contributed by atoms with Crippen LogP contribution in [0.15, 0.2) is 36.5 Å². The Morgan fingerprint density at radius 3 is 2.52 bits per heavy atom. The average Bonchev–Trinajstić information content (AvgIpc) is 2.87. The zero-order chi connectivity index (χ0) is 15.4. The number of benzene rings is 1. The van der Waals surface area contributed by atoms with Crippen LogP contribution in [0.1, 0.15) is 11.8 Å². The van der Waals surface area contributed by atoms with E-state index in [0.29, 0.717) is 5.69 Å². The highest BCUT2D eigenvalue weighted by atomic mass is 19.1. The summed E-state index contributed by atoms with van der Waals surface area (Å²) in [5.74, 6) is -1.73. The lowest BCUT2D eigenvalue weighted by Gasteiger charge is -2.14. The fourth-order valence-electron chi connectivity index (χ4n) is 1.89. The molecule has 0 aliphatic rings. The third-order valence-electron chi connectivity index (χ3n) is 2.98. The summed E-state index contributed by atoms with van der Waals surface area (Å²) in [6, 6.07) is 5.95. The van der Waals surface area contributed by atoms with E-state index in [1.54, 1.807) is 29.9 Å². The van der Waals surface area contributed by atoms with E-state index in [9.17, 15) is 18.7 Å². The van der Waals surface area contributed by atoms with Crippen LogP contribution >= 0.6 is 0 Å². The number of aromatic nitrogens is 1. The van der Waals surface area contributed by atoms with Gasteiger partial charge in [-0.15, -0.1) is 0 Å². The van der Waals surface area contributed by atoms with Crippen molar-refractivity contribution in [3.63, 3.8) is 0 Å². The Hall–Kier alpha value is -2.41. The molecular formula is C14H15F2N3O2. The van der Waals surface area contributed by atoms with Crippen LogP contribution in [0.2, 0.25) is 0 Å². The second-order valence-electron chi connectivity index (χ2n) is 4.49. The van der Waals surface area contributed by atoms with Gasteiger partial charge in [-0.1, -0.05) is 6.07 Å². The van der Waals surface area contributed by atoms with Gasteiger partial charge in [0.15, 0.2) is 0 Å². The van der Waals surface area contributed by atoms with Gasteiger partial charge in [-0.25, -0.2) is 13.6 Å². The van der Waals surface area contributed by atoms with Crippen LogP contribution in [0.3, 0.4) is 0 Å². The van der Waals surface area contributed by atoms with E-state index >= 15 is 0 Å². The molecule has 1 heterocycles. The molecule has 0 unspecified atom stereocenters. The van der Waals surface area contributed by atoms with Gasteiger partial charge in [0.2, 0.25) is 0 Å². The number of hydrogen-bond acceptors (Lipinski definition) is 2. The largest absolute Gasteiger partial charge is 0.385 e. The van der Waals surface area contributed by atoms with E-state index in [1.807, 2.05) is 0 Å². The first-order valence-corrected chi connectivity index (χ1v) is 6.27. The maximum absolute atomic E-state index is 13.4. The molecule has 0 saturated heterocycles. The quantitative estimate of drug-likeness (QED) is 0.809. The number of amides is 2. The number of anilines is 1. The molecule has 3 N–H and O–H groups in total. The SMILES string of the molecule is Cn1cccc1[C@@H](O)CNC(=O)Nc1c(F)cccc1F. The molecule has 1 aromatic heterocycles. The number of nitrogens with one attached hydrogen (secondary N) is 2. The van der Waals surface area contributed by atoms with Gasteiger partial charge in [-0.3, -0.25) is 0 Å². The van der Waals surface area contributed by atoms with Gasteiger partial charge in [-0.05, 0) is 24.3 Å². The summed E-state index contributed by atoms with van der Waals surface area (Å²) in [6.07, 6.45) is 0.842. The van der Waals surface area contributed by atoms with Crippen LogP contribution in [0.4, 0.5) is 19.3 Å². The van der Waals surface area contributed by atoms with Gasteiger partial charge in [0.1, 0.15) is 23.4 Å². The molecule has 2 amide bonds. The van der Waals surface area contributed by atoms with E-state index in [0.717, 1.165) is 12.1 Å². The van der Waals surface area contributed by atoms with Gasteiger partial charge in [0.25, 0.3) is 0 Å². The molecular weight excluding hydrogens is 280 g/mol. The minimum Gasteiger partial charge on any atom is -0.385 e. The number of urea groups is 1. The molecule has 1 aromatic carbocycles. The molecule has 112 valence electrons. The van der Waals surface area contributed by atoms with Gasteiger partial charge in [0, 0.05) is 18.9 Å². The molecule has 0 radical (unpaired) electrons. The number of para-hydroxylation sites is 1. The maximum atomic E-state index is 13.4. The lowest BCUT2D eigenvalue weighted by atomic mass is 10.2. The lowest BCUT2D eigenvalue weighted by molar-refractivity contribution is 0.167. The summed E-state index contributed by atoms with van der Waals surface area (Å²) < 4.78 is 28.4. The van der Waals surface area contributed by atoms with E-state index in [2.05, 4.69) is 10.6 Å². The number of rotatable bonds is 4. The average molecular weight is 295 g/mol. The second-order valence-corrected chi connectivity index (χ2v) is 4.49. The molecule has 1 atom stereocenters. The highest BCUT2D eigenvalue weighted by Gasteiger charge is 2.14. The van der Waals surface area contributed by atoms with Crippen LogP contribution in [-0.2, 0) is 7.05 Å². The first-order valence-electron chi connectivity index (χ1n) is 6.27.